The average molecular weight is 313 g/mol. The molecule has 0 spiro atoms. The lowest BCUT2D eigenvalue weighted by atomic mass is 9.88. The summed E-state index contributed by atoms with van der Waals surface area (Å²) in [7, 11) is 0. The molecule has 0 saturated carbocycles. The average Bonchev–Trinajstić information content (AvgIpc) is 2.33. The molecule has 18 heavy (non-hydrogen) atoms. The van der Waals surface area contributed by atoms with Crippen molar-refractivity contribution in [3.05, 3.63) is 69.7 Å². The van der Waals surface area contributed by atoms with E-state index in [1.807, 2.05) is 0 Å². The fraction of sp³-hybridized carbons (Fsp3) is 0.143. The summed E-state index contributed by atoms with van der Waals surface area (Å²) in [6.45, 7) is 1.44. The smallest absolute Gasteiger partial charge is 0.165 e. The highest BCUT2D eigenvalue weighted by Crippen LogP contribution is 2.32. The summed E-state index contributed by atoms with van der Waals surface area (Å²) in [4.78, 5) is 0. The van der Waals surface area contributed by atoms with Crippen LogP contribution < -0.4 is 0 Å². The predicted molar refractivity (Wildman–Crippen MR) is 69.2 cm³/mol. The van der Waals surface area contributed by atoms with Crippen molar-refractivity contribution in [3.8, 4) is 0 Å². The zero-order valence-electron chi connectivity index (χ0n) is 9.62. The molecular formula is C14H11BrF2O. The highest BCUT2D eigenvalue weighted by molar-refractivity contribution is 9.10. The molecule has 1 nitrogen and oxygen atoms in total. The van der Waals surface area contributed by atoms with Crippen LogP contribution in [0.3, 0.4) is 0 Å². The SMILES string of the molecule is CC(O)(c1ccc(Br)cc1)c1cccc(F)c1F. The molecule has 0 saturated heterocycles. The molecule has 4 heteroatoms. The number of rotatable bonds is 2. The van der Waals surface area contributed by atoms with Gasteiger partial charge in [0.2, 0.25) is 0 Å². The van der Waals surface area contributed by atoms with Gasteiger partial charge >= 0.3 is 0 Å². The Balaban J connectivity index is 2.54. The van der Waals surface area contributed by atoms with Gasteiger partial charge in [0.25, 0.3) is 0 Å². The molecule has 1 unspecified atom stereocenters. The Hall–Kier alpha value is -1.26. The van der Waals surface area contributed by atoms with Crippen LogP contribution in [0.5, 0.6) is 0 Å². The van der Waals surface area contributed by atoms with Crippen molar-refractivity contribution in [1.82, 2.24) is 0 Å². The first-order valence-corrected chi connectivity index (χ1v) is 6.15. The van der Waals surface area contributed by atoms with Crippen LogP contribution in [-0.2, 0) is 5.60 Å². The second-order valence-corrected chi connectivity index (χ2v) is 5.10. The third-order valence-electron chi connectivity index (χ3n) is 2.88. The predicted octanol–water partition coefficient (Wildman–Crippen LogP) is 3.98. The number of halogens is 3. The van der Waals surface area contributed by atoms with Crippen LogP contribution in [0.4, 0.5) is 8.78 Å². The van der Waals surface area contributed by atoms with Gasteiger partial charge in [-0.2, -0.15) is 0 Å². The molecule has 0 heterocycles. The van der Waals surface area contributed by atoms with E-state index in [0.717, 1.165) is 10.5 Å². The molecular weight excluding hydrogens is 302 g/mol. The lowest BCUT2D eigenvalue weighted by molar-refractivity contribution is 0.0970. The molecule has 1 N–H and O–H groups in total. The van der Waals surface area contributed by atoms with Crippen molar-refractivity contribution in [3.63, 3.8) is 0 Å². The van der Waals surface area contributed by atoms with E-state index in [-0.39, 0.29) is 5.56 Å². The highest BCUT2D eigenvalue weighted by atomic mass is 79.9. The standard InChI is InChI=1S/C14H11BrF2O/c1-14(18,9-5-7-10(15)8-6-9)11-3-2-4-12(16)13(11)17/h2-8,18H,1H3. The van der Waals surface area contributed by atoms with Crippen LogP contribution >= 0.6 is 15.9 Å². The number of aliphatic hydroxyl groups is 1. The van der Waals surface area contributed by atoms with Gasteiger partial charge in [-0.15, -0.1) is 0 Å². The molecule has 94 valence electrons. The number of hydrogen-bond acceptors (Lipinski definition) is 1. The van der Waals surface area contributed by atoms with Crippen molar-refractivity contribution in [2.75, 3.05) is 0 Å². The van der Waals surface area contributed by atoms with E-state index in [4.69, 9.17) is 0 Å². The maximum absolute atomic E-state index is 13.7. The van der Waals surface area contributed by atoms with E-state index in [1.54, 1.807) is 24.3 Å². The zero-order chi connectivity index (χ0) is 13.3. The first kappa shape index (κ1) is 13.2. The summed E-state index contributed by atoms with van der Waals surface area (Å²) in [6.07, 6.45) is 0. The van der Waals surface area contributed by atoms with Crippen LogP contribution in [0, 0.1) is 11.6 Å². The largest absolute Gasteiger partial charge is 0.381 e. The van der Waals surface area contributed by atoms with Gasteiger partial charge in [-0.1, -0.05) is 40.2 Å². The second-order valence-electron chi connectivity index (χ2n) is 4.18. The third-order valence-corrected chi connectivity index (χ3v) is 3.41. The Morgan fingerprint density at radius 2 is 1.67 bits per heavy atom. The lowest BCUT2D eigenvalue weighted by Gasteiger charge is -2.25. The van der Waals surface area contributed by atoms with Gasteiger partial charge in [-0.3, -0.25) is 0 Å². The van der Waals surface area contributed by atoms with Crippen LogP contribution in [-0.4, -0.2) is 5.11 Å². The minimum atomic E-state index is -1.58. The lowest BCUT2D eigenvalue weighted by Crippen LogP contribution is -2.24. The molecule has 2 aromatic rings. The fourth-order valence-corrected chi connectivity index (χ4v) is 2.07. The van der Waals surface area contributed by atoms with Crippen LogP contribution in [0.2, 0.25) is 0 Å². The Labute approximate surface area is 112 Å². The maximum Gasteiger partial charge on any atom is 0.165 e. The molecule has 0 aliphatic heterocycles. The molecule has 0 aliphatic rings. The summed E-state index contributed by atoms with van der Waals surface area (Å²) in [5.74, 6) is -1.99. The van der Waals surface area contributed by atoms with Crippen molar-refractivity contribution < 1.29 is 13.9 Å². The van der Waals surface area contributed by atoms with E-state index >= 15 is 0 Å². The van der Waals surface area contributed by atoms with E-state index in [0.29, 0.717) is 5.56 Å². The normalized spacial score (nSPS) is 14.3. The second kappa shape index (κ2) is 4.78. The highest BCUT2D eigenvalue weighted by Gasteiger charge is 2.29. The van der Waals surface area contributed by atoms with Crippen molar-refractivity contribution in [2.24, 2.45) is 0 Å². The molecule has 2 rings (SSSR count). The Bertz CT molecular complexity index is 565. The van der Waals surface area contributed by atoms with Crippen molar-refractivity contribution in [1.29, 1.82) is 0 Å². The molecule has 0 amide bonds. The minimum Gasteiger partial charge on any atom is -0.381 e. The molecule has 0 aliphatic carbocycles. The molecule has 0 aromatic heterocycles. The first-order chi connectivity index (χ1) is 8.43. The van der Waals surface area contributed by atoms with E-state index in [2.05, 4.69) is 15.9 Å². The Morgan fingerprint density at radius 1 is 1.06 bits per heavy atom. The number of benzene rings is 2. The van der Waals surface area contributed by atoms with Gasteiger partial charge in [-0.25, -0.2) is 8.78 Å². The van der Waals surface area contributed by atoms with Crippen LogP contribution in [0.15, 0.2) is 46.9 Å². The molecule has 2 aromatic carbocycles. The zero-order valence-corrected chi connectivity index (χ0v) is 11.2. The van der Waals surface area contributed by atoms with Gasteiger partial charge in [0.15, 0.2) is 11.6 Å². The van der Waals surface area contributed by atoms with Gasteiger partial charge in [-0.05, 0) is 30.7 Å². The third kappa shape index (κ3) is 2.31. The monoisotopic (exact) mass is 312 g/mol. The molecule has 0 bridgehead atoms. The summed E-state index contributed by atoms with van der Waals surface area (Å²) in [5.41, 5.74) is -1.16. The topological polar surface area (TPSA) is 20.2 Å². The minimum absolute atomic E-state index is 0.0789. The number of hydrogen-bond donors (Lipinski definition) is 1. The van der Waals surface area contributed by atoms with Crippen molar-refractivity contribution in [2.45, 2.75) is 12.5 Å². The maximum atomic E-state index is 13.7. The molecule has 1 atom stereocenters. The summed E-state index contributed by atoms with van der Waals surface area (Å²) in [5, 5.41) is 10.4. The fourth-order valence-electron chi connectivity index (χ4n) is 1.81. The van der Waals surface area contributed by atoms with Crippen molar-refractivity contribution >= 4 is 15.9 Å². The van der Waals surface area contributed by atoms with E-state index in [9.17, 15) is 13.9 Å². The summed E-state index contributed by atoms with van der Waals surface area (Å²) in [6, 6.07) is 10.6. The van der Waals surface area contributed by atoms with Gasteiger partial charge in [0, 0.05) is 10.0 Å². The van der Waals surface area contributed by atoms with Gasteiger partial charge < -0.3 is 5.11 Å². The van der Waals surface area contributed by atoms with Gasteiger partial charge in [0.1, 0.15) is 5.60 Å². The first-order valence-electron chi connectivity index (χ1n) is 5.36. The van der Waals surface area contributed by atoms with E-state index in [1.165, 1.54) is 19.1 Å². The van der Waals surface area contributed by atoms with Crippen LogP contribution in [0.1, 0.15) is 18.1 Å². The van der Waals surface area contributed by atoms with Crippen LogP contribution in [0.25, 0.3) is 0 Å². The summed E-state index contributed by atoms with van der Waals surface area (Å²) < 4.78 is 27.8. The molecule has 0 radical (unpaired) electrons. The van der Waals surface area contributed by atoms with Gasteiger partial charge in [0.05, 0.1) is 0 Å². The Morgan fingerprint density at radius 3 is 2.28 bits per heavy atom. The molecule has 0 fully saturated rings. The Kier molecular flexibility index (Phi) is 3.50. The summed E-state index contributed by atoms with van der Waals surface area (Å²) >= 11 is 3.28. The quantitative estimate of drug-likeness (QED) is 0.889. The van der Waals surface area contributed by atoms with E-state index < -0.39 is 17.2 Å².